The van der Waals surface area contributed by atoms with E-state index >= 15 is 0 Å². The monoisotopic (exact) mass is 263 g/mol. The van der Waals surface area contributed by atoms with Crippen LogP contribution in [0.4, 0.5) is 0 Å². The molecule has 1 heteroatoms. The van der Waals surface area contributed by atoms with Gasteiger partial charge in [0.25, 0.3) is 0 Å². The fourth-order valence-corrected chi connectivity index (χ4v) is 2.89. The second kappa shape index (κ2) is 9.23. The van der Waals surface area contributed by atoms with Crippen LogP contribution in [0.25, 0.3) is 0 Å². The SMILES string of the molecule is CCN(/C=C/[C@@H](C)CCC=C(C)C)C1CCCCC1. The van der Waals surface area contributed by atoms with E-state index in [2.05, 4.69) is 50.9 Å². The van der Waals surface area contributed by atoms with Crippen molar-refractivity contribution in [1.82, 2.24) is 4.90 Å². The summed E-state index contributed by atoms with van der Waals surface area (Å²) in [4.78, 5) is 2.57. The molecule has 1 aliphatic rings. The minimum absolute atomic E-state index is 0.688. The van der Waals surface area contributed by atoms with Crippen LogP contribution < -0.4 is 0 Å². The lowest BCUT2D eigenvalue weighted by Gasteiger charge is -2.32. The second-order valence-electron chi connectivity index (χ2n) is 6.30. The van der Waals surface area contributed by atoms with E-state index < -0.39 is 0 Å². The molecule has 110 valence electrons. The van der Waals surface area contributed by atoms with E-state index in [-0.39, 0.29) is 0 Å². The van der Waals surface area contributed by atoms with Gasteiger partial charge in [-0.3, -0.25) is 0 Å². The first-order valence-corrected chi connectivity index (χ1v) is 8.21. The van der Waals surface area contributed by atoms with Gasteiger partial charge >= 0.3 is 0 Å². The highest BCUT2D eigenvalue weighted by Crippen LogP contribution is 2.23. The van der Waals surface area contributed by atoms with Crippen molar-refractivity contribution in [1.29, 1.82) is 0 Å². The molecule has 0 aromatic carbocycles. The van der Waals surface area contributed by atoms with E-state index in [9.17, 15) is 0 Å². The van der Waals surface area contributed by atoms with Gasteiger partial charge in [0.05, 0.1) is 0 Å². The number of nitrogens with zero attached hydrogens (tertiary/aromatic N) is 1. The molecule has 1 nitrogen and oxygen atoms in total. The molecule has 0 spiro atoms. The summed E-state index contributed by atoms with van der Waals surface area (Å²) in [7, 11) is 0. The average Bonchev–Trinajstić information content (AvgIpc) is 2.40. The molecule has 0 saturated heterocycles. The van der Waals surface area contributed by atoms with Crippen LogP contribution in [-0.4, -0.2) is 17.5 Å². The predicted octanol–water partition coefficient (Wildman–Crippen LogP) is 5.54. The molecule has 19 heavy (non-hydrogen) atoms. The van der Waals surface area contributed by atoms with E-state index in [1.807, 2.05) is 0 Å². The van der Waals surface area contributed by atoms with Crippen LogP contribution in [0.2, 0.25) is 0 Å². The molecule has 0 heterocycles. The van der Waals surface area contributed by atoms with Crippen LogP contribution in [0, 0.1) is 5.92 Å². The van der Waals surface area contributed by atoms with Crippen LogP contribution >= 0.6 is 0 Å². The standard InChI is InChI=1S/C18H33N/c1-5-19(18-12-7-6-8-13-18)15-14-17(4)11-9-10-16(2)3/h10,14-15,17-18H,5-9,11-13H2,1-4H3/b15-14+/t17-/m0/s1. The molecule has 0 unspecified atom stereocenters. The first kappa shape index (κ1) is 16.3. The van der Waals surface area contributed by atoms with Crippen molar-refractivity contribution in [3.8, 4) is 0 Å². The summed E-state index contributed by atoms with van der Waals surface area (Å²) in [5.74, 6) is 0.688. The molecular weight excluding hydrogens is 230 g/mol. The first-order valence-electron chi connectivity index (χ1n) is 8.21. The molecular formula is C18H33N. The largest absolute Gasteiger partial charge is 0.375 e. The van der Waals surface area contributed by atoms with E-state index in [1.165, 1.54) is 50.5 Å². The van der Waals surface area contributed by atoms with Crippen LogP contribution in [0.5, 0.6) is 0 Å². The van der Waals surface area contributed by atoms with Gasteiger partial charge in [0.1, 0.15) is 0 Å². The Morgan fingerprint density at radius 2 is 1.89 bits per heavy atom. The molecule has 1 rings (SSSR count). The zero-order valence-corrected chi connectivity index (χ0v) is 13.5. The Kier molecular flexibility index (Phi) is 7.93. The molecule has 0 N–H and O–H groups in total. The van der Waals surface area contributed by atoms with Crippen molar-refractivity contribution in [2.24, 2.45) is 5.92 Å². The normalized spacial score (nSPS) is 18.5. The molecule has 0 aromatic heterocycles. The first-order chi connectivity index (χ1) is 9.13. The van der Waals surface area contributed by atoms with Gasteiger partial charge in [0.15, 0.2) is 0 Å². The molecule has 0 bridgehead atoms. The lowest BCUT2D eigenvalue weighted by atomic mass is 9.94. The predicted molar refractivity (Wildman–Crippen MR) is 86.2 cm³/mol. The Bertz CT molecular complexity index is 280. The van der Waals surface area contributed by atoms with Crippen molar-refractivity contribution in [2.75, 3.05) is 6.54 Å². The minimum Gasteiger partial charge on any atom is -0.375 e. The molecule has 1 saturated carbocycles. The fraction of sp³-hybridized carbons (Fsp3) is 0.778. The van der Waals surface area contributed by atoms with Crippen molar-refractivity contribution in [3.05, 3.63) is 23.9 Å². The highest BCUT2D eigenvalue weighted by molar-refractivity contribution is 4.95. The molecule has 0 radical (unpaired) electrons. The molecule has 1 fully saturated rings. The van der Waals surface area contributed by atoms with Gasteiger partial charge in [-0.2, -0.15) is 0 Å². The van der Waals surface area contributed by atoms with Gasteiger partial charge in [-0.05, 0) is 58.6 Å². The Hall–Kier alpha value is -0.720. The van der Waals surface area contributed by atoms with Gasteiger partial charge in [0, 0.05) is 12.6 Å². The third-order valence-corrected chi connectivity index (χ3v) is 4.19. The van der Waals surface area contributed by atoms with E-state index in [1.54, 1.807) is 0 Å². The molecule has 1 atom stereocenters. The summed E-state index contributed by atoms with van der Waals surface area (Å²) >= 11 is 0. The number of rotatable bonds is 7. The summed E-state index contributed by atoms with van der Waals surface area (Å²) < 4.78 is 0. The smallest absolute Gasteiger partial charge is 0.0284 e. The topological polar surface area (TPSA) is 3.24 Å². The third-order valence-electron chi connectivity index (χ3n) is 4.19. The molecule has 0 amide bonds. The maximum atomic E-state index is 2.57. The summed E-state index contributed by atoms with van der Waals surface area (Å²) in [5, 5.41) is 0. The third kappa shape index (κ3) is 6.84. The van der Waals surface area contributed by atoms with Crippen molar-refractivity contribution in [3.63, 3.8) is 0 Å². The van der Waals surface area contributed by atoms with Crippen LogP contribution in [0.15, 0.2) is 23.9 Å². The summed E-state index contributed by atoms with van der Waals surface area (Å²) in [6.45, 7) is 10.1. The maximum absolute atomic E-state index is 2.57. The summed E-state index contributed by atoms with van der Waals surface area (Å²) in [6.07, 6.45) is 16.7. The van der Waals surface area contributed by atoms with Gasteiger partial charge < -0.3 is 4.90 Å². The molecule has 0 aliphatic heterocycles. The van der Waals surface area contributed by atoms with Crippen molar-refractivity contribution < 1.29 is 0 Å². The summed E-state index contributed by atoms with van der Waals surface area (Å²) in [5.41, 5.74) is 1.44. The highest BCUT2D eigenvalue weighted by atomic mass is 15.1. The average molecular weight is 263 g/mol. The zero-order chi connectivity index (χ0) is 14.1. The van der Waals surface area contributed by atoms with Gasteiger partial charge in [-0.15, -0.1) is 0 Å². The Labute approximate surface area is 120 Å². The van der Waals surface area contributed by atoms with Gasteiger partial charge in [-0.1, -0.05) is 43.9 Å². The minimum atomic E-state index is 0.688. The van der Waals surface area contributed by atoms with Crippen LogP contribution in [-0.2, 0) is 0 Å². The second-order valence-corrected chi connectivity index (χ2v) is 6.30. The maximum Gasteiger partial charge on any atom is 0.0284 e. The summed E-state index contributed by atoms with van der Waals surface area (Å²) in [6, 6.07) is 0.806. The zero-order valence-electron chi connectivity index (χ0n) is 13.5. The highest BCUT2D eigenvalue weighted by Gasteiger charge is 2.17. The van der Waals surface area contributed by atoms with Gasteiger partial charge in [0.2, 0.25) is 0 Å². The number of hydrogen-bond donors (Lipinski definition) is 0. The van der Waals surface area contributed by atoms with Crippen molar-refractivity contribution in [2.45, 2.75) is 78.7 Å². The number of hydrogen-bond acceptors (Lipinski definition) is 1. The lowest BCUT2D eigenvalue weighted by molar-refractivity contribution is 0.225. The Morgan fingerprint density at radius 1 is 1.21 bits per heavy atom. The van der Waals surface area contributed by atoms with E-state index in [0.29, 0.717) is 5.92 Å². The number of allylic oxidation sites excluding steroid dienone is 3. The quantitative estimate of drug-likeness (QED) is 0.545. The van der Waals surface area contributed by atoms with Crippen LogP contribution in [0.1, 0.15) is 72.6 Å². The fourth-order valence-electron chi connectivity index (χ4n) is 2.89. The van der Waals surface area contributed by atoms with E-state index in [0.717, 1.165) is 12.6 Å². The lowest BCUT2D eigenvalue weighted by Crippen LogP contribution is -2.32. The van der Waals surface area contributed by atoms with Crippen molar-refractivity contribution >= 4 is 0 Å². The van der Waals surface area contributed by atoms with Crippen LogP contribution in [0.3, 0.4) is 0 Å². The van der Waals surface area contributed by atoms with Gasteiger partial charge in [-0.25, -0.2) is 0 Å². The Morgan fingerprint density at radius 3 is 2.47 bits per heavy atom. The molecule has 1 aliphatic carbocycles. The molecule has 0 aromatic rings. The Balaban J connectivity index is 2.36. The van der Waals surface area contributed by atoms with E-state index in [4.69, 9.17) is 0 Å².